The number of piperidine rings is 1. The molecular formula is C17H22ClN5O. The van der Waals surface area contributed by atoms with Crippen molar-refractivity contribution >= 4 is 17.5 Å². The van der Waals surface area contributed by atoms with Gasteiger partial charge in [0.25, 0.3) is 5.91 Å². The summed E-state index contributed by atoms with van der Waals surface area (Å²) in [4.78, 5) is 19.0. The van der Waals surface area contributed by atoms with E-state index in [1.54, 1.807) is 15.6 Å². The van der Waals surface area contributed by atoms with Crippen molar-refractivity contribution in [2.45, 2.75) is 38.6 Å². The van der Waals surface area contributed by atoms with E-state index >= 15 is 0 Å². The van der Waals surface area contributed by atoms with Crippen molar-refractivity contribution in [1.29, 1.82) is 0 Å². The molecule has 0 radical (unpaired) electrons. The van der Waals surface area contributed by atoms with E-state index in [0.717, 1.165) is 24.4 Å². The molecule has 1 aliphatic heterocycles. The van der Waals surface area contributed by atoms with Crippen molar-refractivity contribution in [3.63, 3.8) is 0 Å². The second-order valence-electron chi connectivity index (χ2n) is 6.44. The van der Waals surface area contributed by atoms with E-state index in [1.165, 1.54) is 0 Å². The van der Waals surface area contributed by atoms with Gasteiger partial charge in [-0.15, -0.1) is 5.10 Å². The van der Waals surface area contributed by atoms with Gasteiger partial charge in [0, 0.05) is 25.0 Å². The first kappa shape index (κ1) is 16.9. The fourth-order valence-corrected chi connectivity index (χ4v) is 3.05. The molecule has 0 atom stereocenters. The summed E-state index contributed by atoms with van der Waals surface area (Å²) in [5.74, 6) is 0.911. The average Bonchev–Trinajstić information content (AvgIpc) is 3.00. The molecule has 1 aliphatic rings. The lowest BCUT2D eigenvalue weighted by molar-refractivity contribution is 0.0702. The molecule has 0 bridgehead atoms. The fourth-order valence-electron chi connectivity index (χ4n) is 2.83. The van der Waals surface area contributed by atoms with Crippen LogP contribution >= 0.6 is 11.6 Å². The Labute approximate surface area is 146 Å². The summed E-state index contributed by atoms with van der Waals surface area (Å²) in [6.07, 6.45) is 1.63. The number of carbonyl (C=O) groups excluding carboxylic acids is 1. The predicted molar refractivity (Wildman–Crippen MR) is 93.6 cm³/mol. The van der Waals surface area contributed by atoms with Gasteiger partial charge < -0.3 is 10.6 Å². The third-order valence-corrected chi connectivity index (χ3v) is 4.57. The summed E-state index contributed by atoms with van der Waals surface area (Å²) >= 11 is 6.29. The monoisotopic (exact) mass is 347 g/mol. The number of nitrogens with two attached hydrogens (primary N) is 1. The van der Waals surface area contributed by atoms with Gasteiger partial charge in [-0.2, -0.15) is 0 Å². The number of hydrogen-bond donors (Lipinski definition) is 1. The number of hydrogen-bond acceptors (Lipinski definition) is 4. The van der Waals surface area contributed by atoms with Crippen LogP contribution in [-0.2, 0) is 0 Å². The number of aromatic nitrogens is 3. The van der Waals surface area contributed by atoms with Gasteiger partial charge in [0.15, 0.2) is 0 Å². The van der Waals surface area contributed by atoms with Crippen molar-refractivity contribution < 1.29 is 4.79 Å². The number of likely N-dealkylation sites (tertiary alicyclic amines) is 1. The van der Waals surface area contributed by atoms with Crippen molar-refractivity contribution in [2.75, 3.05) is 13.1 Å². The van der Waals surface area contributed by atoms with Gasteiger partial charge in [0.05, 0.1) is 10.7 Å². The Bertz CT molecular complexity index is 734. The van der Waals surface area contributed by atoms with Gasteiger partial charge in [-0.05, 0) is 25.0 Å². The summed E-state index contributed by atoms with van der Waals surface area (Å²) in [6, 6.07) is 7.60. The van der Waals surface area contributed by atoms with Crippen molar-refractivity contribution in [1.82, 2.24) is 19.7 Å². The lowest BCUT2D eigenvalue weighted by Gasteiger charge is -2.29. The maximum absolute atomic E-state index is 12.7. The van der Waals surface area contributed by atoms with Gasteiger partial charge >= 0.3 is 0 Å². The number of amides is 1. The second-order valence-corrected chi connectivity index (χ2v) is 6.85. The van der Waals surface area contributed by atoms with Crippen LogP contribution in [0.3, 0.4) is 0 Å². The van der Waals surface area contributed by atoms with Gasteiger partial charge in [-0.25, -0.2) is 9.67 Å². The van der Waals surface area contributed by atoms with E-state index in [0.29, 0.717) is 18.1 Å². The van der Waals surface area contributed by atoms with Crippen LogP contribution in [0.2, 0.25) is 5.02 Å². The van der Waals surface area contributed by atoms with Crippen LogP contribution in [0, 0.1) is 0 Å². The molecule has 2 heterocycles. The van der Waals surface area contributed by atoms with Gasteiger partial charge in [0.2, 0.25) is 5.82 Å². The second kappa shape index (κ2) is 6.91. The van der Waals surface area contributed by atoms with Crippen LogP contribution in [0.1, 0.15) is 49.1 Å². The summed E-state index contributed by atoms with van der Waals surface area (Å²) in [7, 11) is 0. The molecule has 128 valence electrons. The molecule has 6 nitrogen and oxygen atoms in total. The maximum atomic E-state index is 12.7. The Hall–Kier alpha value is -1.92. The lowest BCUT2D eigenvalue weighted by atomic mass is 10.1. The largest absolute Gasteiger partial charge is 0.336 e. The van der Waals surface area contributed by atoms with Crippen LogP contribution in [-0.4, -0.2) is 44.7 Å². The van der Waals surface area contributed by atoms with Gasteiger partial charge in [-0.1, -0.05) is 37.6 Å². The molecule has 1 amide bonds. The van der Waals surface area contributed by atoms with Gasteiger partial charge in [-0.3, -0.25) is 4.79 Å². The molecular weight excluding hydrogens is 326 g/mol. The molecule has 1 saturated heterocycles. The average molecular weight is 348 g/mol. The molecule has 2 aromatic rings. The van der Waals surface area contributed by atoms with E-state index < -0.39 is 0 Å². The number of rotatable bonds is 3. The summed E-state index contributed by atoms with van der Waals surface area (Å²) in [5.41, 5.74) is 6.64. The fraction of sp³-hybridized carbons (Fsp3) is 0.471. The first-order valence-corrected chi connectivity index (χ1v) is 8.62. The van der Waals surface area contributed by atoms with Gasteiger partial charge in [0.1, 0.15) is 5.82 Å². The lowest BCUT2D eigenvalue weighted by Crippen LogP contribution is -2.43. The Morgan fingerprint density at radius 3 is 2.58 bits per heavy atom. The Morgan fingerprint density at radius 1 is 1.29 bits per heavy atom. The molecule has 0 spiro atoms. The topological polar surface area (TPSA) is 77.0 Å². The van der Waals surface area contributed by atoms with Crippen molar-refractivity contribution in [2.24, 2.45) is 5.73 Å². The Balaban J connectivity index is 1.95. The highest BCUT2D eigenvalue weighted by Gasteiger charge is 2.27. The minimum atomic E-state index is -0.144. The number of benzene rings is 1. The van der Waals surface area contributed by atoms with E-state index in [9.17, 15) is 4.79 Å². The molecule has 1 fully saturated rings. The molecule has 0 unspecified atom stereocenters. The Kier molecular flexibility index (Phi) is 4.87. The third-order valence-electron chi connectivity index (χ3n) is 4.25. The van der Waals surface area contributed by atoms with Crippen LogP contribution in [0.25, 0.3) is 5.69 Å². The molecule has 0 aliphatic carbocycles. The predicted octanol–water partition coefficient (Wildman–Crippen LogP) is 2.61. The highest BCUT2D eigenvalue weighted by molar-refractivity contribution is 6.32. The summed E-state index contributed by atoms with van der Waals surface area (Å²) in [5, 5.41) is 5.03. The van der Waals surface area contributed by atoms with E-state index in [-0.39, 0.29) is 23.7 Å². The zero-order valence-electron chi connectivity index (χ0n) is 13.9. The molecule has 0 saturated carbocycles. The van der Waals surface area contributed by atoms with Crippen molar-refractivity contribution in [3.8, 4) is 5.69 Å². The number of nitrogens with zero attached hydrogens (tertiary/aromatic N) is 4. The minimum absolute atomic E-state index is 0.116. The summed E-state index contributed by atoms with van der Waals surface area (Å²) < 4.78 is 1.68. The number of carbonyl (C=O) groups is 1. The molecule has 7 heteroatoms. The highest BCUT2D eigenvalue weighted by atomic mass is 35.5. The molecule has 2 N–H and O–H groups in total. The van der Waals surface area contributed by atoms with Crippen LogP contribution in [0.15, 0.2) is 24.3 Å². The molecule has 3 rings (SSSR count). The van der Waals surface area contributed by atoms with Crippen LogP contribution < -0.4 is 5.73 Å². The standard InChI is InChI=1S/C17H22ClN5O/c1-11(2)16-20-15(17(24)22-9-7-12(19)8-10-22)21-23(16)14-6-4-3-5-13(14)18/h3-6,11-12H,7-10,19H2,1-2H3. The number of halogens is 1. The quantitative estimate of drug-likeness (QED) is 0.925. The van der Waals surface area contributed by atoms with E-state index in [4.69, 9.17) is 17.3 Å². The zero-order chi connectivity index (χ0) is 17.3. The Morgan fingerprint density at radius 2 is 1.96 bits per heavy atom. The van der Waals surface area contributed by atoms with E-state index in [1.807, 2.05) is 32.0 Å². The first-order valence-electron chi connectivity index (χ1n) is 8.24. The molecule has 1 aromatic heterocycles. The van der Waals surface area contributed by atoms with Crippen molar-refractivity contribution in [3.05, 3.63) is 40.9 Å². The SMILES string of the molecule is CC(C)c1nc(C(=O)N2CCC(N)CC2)nn1-c1ccccc1Cl. The highest BCUT2D eigenvalue weighted by Crippen LogP contribution is 2.24. The zero-order valence-corrected chi connectivity index (χ0v) is 14.7. The number of para-hydroxylation sites is 1. The van der Waals surface area contributed by atoms with Crippen LogP contribution in [0.5, 0.6) is 0 Å². The minimum Gasteiger partial charge on any atom is -0.336 e. The van der Waals surface area contributed by atoms with E-state index in [2.05, 4.69) is 10.1 Å². The first-order chi connectivity index (χ1) is 11.5. The maximum Gasteiger partial charge on any atom is 0.293 e. The summed E-state index contributed by atoms with van der Waals surface area (Å²) in [6.45, 7) is 5.34. The third kappa shape index (κ3) is 3.30. The molecule has 1 aromatic carbocycles. The smallest absolute Gasteiger partial charge is 0.293 e. The molecule has 24 heavy (non-hydrogen) atoms. The van der Waals surface area contributed by atoms with Crippen LogP contribution in [0.4, 0.5) is 0 Å². The normalized spacial score (nSPS) is 16.0.